The molecule has 6 nitrogen and oxygen atoms in total. The zero-order valence-corrected chi connectivity index (χ0v) is 15.3. The summed E-state index contributed by atoms with van der Waals surface area (Å²) in [7, 11) is 0. The summed E-state index contributed by atoms with van der Waals surface area (Å²) in [5.74, 6) is 0. The molecule has 0 fully saturated rings. The van der Waals surface area contributed by atoms with Crippen molar-refractivity contribution in [1.29, 1.82) is 0 Å². The Morgan fingerprint density at radius 2 is 1.80 bits per heavy atom. The van der Waals surface area contributed by atoms with Crippen LogP contribution in [0.5, 0.6) is 0 Å². The van der Waals surface area contributed by atoms with E-state index in [1.807, 2.05) is 31.2 Å². The lowest BCUT2D eigenvalue weighted by molar-refractivity contribution is 0.133. The highest BCUT2D eigenvalue weighted by molar-refractivity contribution is 7.11. The molecule has 0 bridgehead atoms. The van der Waals surface area contributed by atoms with Gasteiger partial charge in [0.15, 0.2) is 0 Å². The minimum absolute atomic E-state index is 0.0577. The molecule has 0 aliphatic heterocycles. The first-order valence-electron chi connectivity index (χ1n) is 7.89. The Labute approximate surface area is 155 Å². The van der Waals surface area contributed by atoms with Gasteiger partial charge in [0, 0.05) is 29.6 Å². The Hall–Kier alpha value is -1.93. The maximum atomic E-state index is 6.01. The van der Waals surface area contributed by atoms with Gasteiger partial charge in [-0.25, -0.2) is 9.97 Å². The molecular formula is C17H18ClN5OS. The maximum Gasteiger partial charge on any atom is 0.143 e. The van der Waals surface area contributed by atoms with E-state index in [0.29, 0.717) is 24.8 Å². The van der Waals surface area contributed by atoms with Crippen molar-refractivity contribution in [2.24, 2.45) is 0 Å². The molecule has 0 saturated heterocycles. The molecule has 1 N–H and O–H groups in total. The average Bonchev–Trinajstić information content (AvgIpc) is 3.10. The largest absolute Gasteiger partial charge is 0.374 e. The molecule has 2 heterocycles. The molecule has 0 aliphatic carbocycles. The first-order chi connectivity index (χ1) is 12.3. The quantitative estimate of drug-likeness (QED) is 0.650. The first kappa shape index (κ1) is 17.9. The average molecular weight is 376 g/mol. The molecule has 8 heteroatoms. The van der Waals surface area contributed by atoms with Gasteiger partial charge in [-0.2, -0.15) is 0 Å². The fourth-order valence-electron chi connectivity index (χ4n) is 2.34. The minimum Gasteiger partial charge on any atom is -0.374 e. The first-order valence-corrected chi connectivity index (χ1v) is 9.08. The monoisotopic (exact) mass is 375 g/mol. The van der Waals surface area contributed by atoms with Crippen LogP contribution in [-0.4, -0.2) is 26.8 Å². The van der Waals surface area contributed by atoms with Gasteiger partial charge in [-0.15, -0.1) is 10.2 Å². The molecule has 130 valence electrons. The second kappa shape index (κ2) is 8.96. The summed E-state index contributed by atoms with van der Waals surface area (Å²) < 4.78 is 5.37. The van der Waals surface area contributed by atoms with Crippen LogP contribution in [0, 0.1) is 0 Å². The van der Waals surface area contributed by atoms with E-state index in [1.165, 1.54) is 6.33 Å². The molecule has 3 aromatic rings. The predicted molar refractivity (Wildman–Crippen MR) is 97.4 cm³/mol. The molecule has 25 heavy (non-hydrogen) atoms. The molecule has 1 unspecified atom stereocenters. The summed E-state index contributed by atoms with van der Waals surface area (Å²) in [5.41, 5.74) is 2.06. The molecular weight excluding hydrogens is 358 g/mol. The second-order valence-corrected chi connectivity index (χ2v) is 6.85. The number of benzene rings is 1. The molecule has 1 aromatic carbocycles. The molecule has 0 radical (unpaired) electrons. The summed E-state index contributed by atoms with van der Waals surface area (Å²) in [6.07, 6.45) is 5.13. The van der Waals surface area contributed by atoms with Crippen molar-refractivity contribution >= 4 is 22.9 Å². The topological polar surface area (TPSA) is 72.8 Å². The number of hydrogen-bond donors (Lipinski definition) is 1. The van der Waals surface area contributed by atoms with Gasteiger partial charge in [-0.05, 0) is 24.6 Å². The van der Waals surface area contributed by atoms with Crippen LogP contribution in [-0.2, 0) is 17.9 Å². The number of halogens is 1. The highest BCUT2D eigenvalue weighted by Gasteiger charge is 2.15. The van der Waals surface area contributed by atoms with Crippen LogP contribution in [0.3, 0.4) is 0 Å². The summed E-state index contributed by atoms with van der Waals surface area (Å²) in [6, 6.07) is 7.68. The normalized spacial score (nSPS) is 12.2. The van der Waals surface area contributed by atoms with E-state index in [1.54, 1.807) is 23.7 Å². The zero-order valence-electron chi connectivity index (χ0n) is 13.7. The Morgan fingerprint density at radius 3 is 2.52 bits per heavy atom. The van der Waals surface area contributed by atoms with Crippen LogP contribution in [0.1, 0.15) is 34.1 Å². The van der Waals surface area contributed by atoms with E-state index in [4.69, 9.17) is 16.3 Å². The van der Waals surface area contributed by atoms with Crippen LogP contribution in [0.2, 0.25) is 5.02 Å². The van der Waals surface area contributed by atoms with Crippen LogP contribution in [0.25, 0.3) is 0 Å². The maximum absolute atomic E-state index is 6.01. The Balaban J connectivity index is 1.74. The summed E-state index contributed by atoms with van der Waals surface area (Å²) in [4.78, 5) is 8.24. The van der Waals surface area contributed by atoms with Gasteiger partial charge in [-0.3, -0.25) is 5.32 Å². The van der Waals surface area contributed by atoms with Crippen molar-refractivity contribution in [2.45, 2.75) is 26.1 Å². The number of ether oxygens (including phenoxy) is 1. The van der Waals surface area contributed by atoms with Gasteiger partial charge in [0.25, 0.3) is 0 Å². The molecule has 1 atom stereocenters. The lowest BCUT2D eigenvalue weighted by Crippen LogP contribution is -2.22. The van der Waals surface area contributed by atoms with Gasteiger partial charge in [-0.1, -0.05) is 35.1 Å². The van der Waals surface area contributed by atoms with E-state index < -0.39 is 0 Å². The van der Waals surface area contributed by atoms with Crippen molar-refractivity contribution in [1.82, 2.24) is 25.5 Å². The lowest BCUT2D eigenvalue weighted by atomic mass is 10.0. The highest BCUT2D eigenvalue weighted by Crippen LogP contribution is 2.23. The van der Waals surface area contributed by atoms with E-state index in [-0.39, 0.29) is 6.04 Å². The third-order valence-corrected chi connectivity index (χ3v) is 4.66. The fourth-order valence-corrected chi connectivity index (χ4v) is 3.20. The number of nitrogens with one attached hydrogen (secondary N) is 1. The van der Waals surface area contributed by atoms with Gasteiger partial charge in [0.1, 0.15) is 22.9 Å². The van der Waals surface area contributed by atoms with Gasteiger partial charge < -0.3 is 4.74 Å². The predicted octanol–water partition coefficient (Wildman–Crippen LogP) is 3.40. The van der Waals surface area contributed by atoms with Crippen molar-refractivity contribution in [3.63, 3.8) is 0 Å². The number of hydrogen-bond acceptors (Lipinski definition) is 7. The summed E-state index contributed by atoms with van der Waals surface area (Å²) in [6.45, 7) is 3.72. The van der Waals surface area contributed by atoms with Crippen molar-refractivity contribution < 1.29 is 4.74 Å². The molecule has 0 amide bonds. The standard InChI is InChI=1S/C17H18ClN5OS/c1-2-24-10-16-23-22-15(25-16)9-21-17(13-7-19-11-20-8-13)12-3-5-14(18)6-4-12/h3-8,11,17,21H,2,9-10H2,1H3. The van der Waals surface area contributed by atoms with Crippen molar-refractivity contribution in [3.8, 4) is 0 Å². The third-order valence-electron chi connectivity index (χ3n) is 3.51. The van der Waals surface area contributed by atoms with Crippen molar-refractivity contribution in [3.05, 3.63) is 69.2 Å². The fraction of sp³-hybridized carbons (Fsp3) is 0.294. The van der Waals surface area contributed by atoms with E-state index in [2.05, 4.69) is 25.5 Å². The van der Waals surface area contributed by atoms with Gasteiger partial charge >= 0.3 is 0 Å². The van der Waals surface area contributed by atoms with Crippen LogP contribution in [0.4, 0.5) is 0 Å². The zero-order chi connectivity index (χ0) is 17.5. The number of nitrogens with zero attached hydrogens (tertiary/aromatic N) is 4. The molecule has 0 aliphatic rings. The Bertz CT molecular complexity index is 781. The molecule has 0 saturated carbocycles. The molecule has 2 aromatic heterocycles. The van der Waals surface area contributed by atoms with E-state index in [0.717, 1.165) is 21.1 Å². The smallest absolute Gasteiger partial charge is 0.143 e. The van der Waals surface area contributed by atoms with Gasteiger partial charge in [0.05, 0.1) is 12.6 Å². The van der Waals surface area contributed by atoms with Crippen LogP contribution < -0.4 is 5.32 Å². The third kappa shape index (κ3) is 5.02. The Morgan fingerprint density at radius 1 is 1.08 bits per heavy atom. The highest BCUT2D eigenvalue weighted by atomic mass is 35.5. The minimum atomic E-state index is -0.0577. The SMILES string of the molecule is CCOCc1nnc(CNC(c2ccc(Cl)cc2)c2cncnc2)s1. The molecule has 3 rings (SSSR count). The number of aromatic nitrogens is 4. The summed E-state index contributed by atoms with van der Waals surface area (Å²) >= 11 is 7.55. The second-order valence-electron chi connectivity index (χ2n) is 5.26. The molecule has 0 spiro atoms. The van der Waals surface area contributed by atoms with E-state index in [9.17, 15) is 0 Å². The van der Waals surface area contributed by atoms with Crippen LogP contribution >= 0.6 is 22.9 Å². The summed E-state index contributed by atoms with van der Waals surface area (Å²) in [5, 5.41) is 14.4. The van der Waals surface area contributed by atoms with Gasteiger partial charge in [0.2, 0.25) is 0 Å². The number of rotatable bonds is 8. The van der Waals surface area contributed by atoms with Crippen LogP contribution in [0.15, 0.2) is 43.0 Å². The lowest BCUT2D eigenvalue weighted by Gasteiger charge is -2.18. The van der Waals surface area contributed by atoms with Crippen molar-refractivity contribution in [2.75, 3.05) is 6.61 Å². The van der Waals surface area contributed by atoms with E-state index >= 15 is 0 Å². The Kier molecular flexibility index (Phi) is 6.41.